The van der Waals surface area contributed by atoms with Crippen molar-refractivity contribution in [2.75, 3.05) is 13.2 Å². The van der Waals surface area contributed by atoms with Crippen LogP contribution in [0.25, 0.3) is 0 Å². The number of rotatable bonds is 8. The summed E-state index contributed by atoms with van der Waals surface area (Å²) in [6.07, 6.45) is 3.40. The monoisotopic (exact) mass is 264 g/mol. The summed E-state index contributed by atoms with van der Waals surface area (Å²) in [6.45, 7) is 4.40. The second-order valence-corrected chi connectivity index (χ2v) is 4.28. The Hall–Kier alpha value is -1.84. The highest BCUT2D eigenvalue weighted by molar-refractivity contribution is 5.79. The Morgan fingerprint density at radius 3 is 2.74 bits per heavy atom. The number of carbonyl (C=O) groups is 2. The molecule has 0 spiro atoms. The molecule has 1 rings (SSSR count). The van der Waals surface area contributed by atoms with Gasteiger partial charge in [0.2, 0.25) is 0 Å². The Bertz CT molecular complexity index is 426. The number of hydrogen-bond acceptors (Lipinski definition) is 4. The molecule has 0 aliphatic carbocycles. The molecule has 0 atom stereocenters. The predicted molar refractivity (Wildman–Crippen MR) is 72.6 cm³/mol. The van der Waals surface area contributed by atoms with Crippen LogP contribution in [0, 0.1) is 0 Å². The average molecular weight is 264 g/mol. The van der Waals surface area contributed by atoms with Crippen molar-refractivity contribution < 1.29 is 19.1 Å². The Balaban J connectivity index is 2.61. The molecule has 0 saturated carbocycles. The van der Waals surface area contributed by atoms with E-state index in [0.29, 0.717) is 30.9 Å². The van der Waals surface area contributed by atoms with Crippen molar-refractivity contribution in [3.63, 3.8) is 0 Å². The number of hydrogen-bond donors (Lipinski definition) is 0. The summed E-state index contributed by atoms with van der Waals surface area (Å²) >= 11 is 0. The molecule has 0 aliphatic rings. The predicted octanol–water partition coefficient (Wildman–Crippen LogP) is 2.78. The molecular formula is C15H20O4. The van der Waals surface area contributed by atoms with Crippen LogP contribution in [-0.4, -0.2) is 25.5 Å². The van der Waals surface area contributed by atoms with Crippen molar-refractivity contribution in [2.45, 2.75) is 33.1 Å². The van der Waals surface area contributed by atoms with E-state index in [2.05, 4.69) is 6.92 Å². The van der Waals surface area contributed by atoms with Gasteiger partial charge in [-0.1, -0.05) is 19.4 Å². The minimum Gasteiger partial charge on any atom is -0.493 e. The van der Waals surface area contributed by atoms with Gasteiger partial charge in [0.05, 0.1) is 18.8 Å². The quantitative estimate of drug-likeness (QED) is 0.411. The Morgan fingerprint density at radius 2 is 2.11 bits per heavy atom. The van der Waals surface area contributed by atoms with Crippen LogP contribution in [0.15, 0.2) is 18.2 Å². The molecule has 0 unspecified atom stereocenters. The maximum atomic E-state index is 11.0. The summed E-state index contributed by atoms with van der Waals surface area (Å²) in [5, 5.41) is 0. The van der Waals surface area contributed by atoms with E-state index in [-0.39, 0.29) is 5.97 Å². The molecule has 0 bridgehead atoms. The van der Waals surface area contributed by atoms with Crippen molar-refractivity contribution >= 4 is 12.3 Å². The van der Waals surface area contributed by atoms with Gasteiger partial charge < -0.3 is 9.47 Å². The maximum Gasteiger partial charge on any atom is 0.302 e. The van der Waals surface area contributed by atoms with Crippen LogP contribution in [0.2, 0.25) is 0 Å². The lowest BCUT2D eigenvalue weighted by atomic mass is 10.1. The standard InChI is InChI=1S/C15H20O4/c1-3-4-8-19-15-6-5-13(10-14(15)11-16)7-9-18-12(2)17/h5-6,10-11H,3-4,7-9H2,1-2H3. The SMILES string of the molecule is CCCCOc1ccc(CCOC(C)=O)cc1C=O. The third kappa shape index (κ3) is 5.55. The molecule has 1 aromatic rings. The molecule has 0 aliphatic heterocycles. The van der Waals surface area contributed by atoms with Crippen LogP contribution < -0.4 is 4.74 Å². The van der Waals surface area contributed by atoms with E-state index in [4.69, 9.17) is 9.47 Å². The van der Waals surface area contributed by atoms with Crippen LogP contribution in [0.4, 0.5) is 0 Å². The second-order valence-electron chi connectivity index (χ2n) is 4.28. The molecule has 4 nitrogen and oxygen atoms in total. The lowest BCUT2D eigenvalue weighted by Crippen LogP contribution is -2.04. The van der Waals surface area contributed by atoms with Crippen molar-refractivity contribution in [3.8, 4) is 5.75 Å². The number of esters is 1. The first-order valence-electron chi connectivity index (χ1n) is 6.51. The highest BCUT2D eigenvalue weighted by Gasteiger charge is 2.05. The van der Waals surface area contributed by atoms with Gasteiger partial charge in [0.15, 0.2) is 6.29 Å². The lowest BCUT2D eigenvalue weighted by molar-refractivity contribution is -0.140. The first-order valence-corrected chi connectivity index (χ1v) is 6.51. The minimum atomic E-state index is -0.296. The first kappa shape index (κ1) is 15.2. The van der Waals surface area contributed by atoms with Crippen LogP contribution in [-0.2, 0) is 16.0 Å². The normalized spacial score (nSPS) is 10.0. The van der Waals surface area contributed by atoms with Gasteiger partial charge in [0, 0.05) is 13.3 Å². The second kappa shape index (κ2) is 8.29. The van der Waals surface area contributed by atoms with Crippen LogP contribution in [0.1, 0.15) is 42.6 Å². The highest BCUT2D eigenvalue weighted by atomic mass is 16.5. The topological polar surface area (TPSA) is 52.6 Å². The molecule has 4 heteroatoms. The lowest BCUT2D eigenvalue weighted by Gasteiger charge is -2.09. The minimum absolute atomic E-state index is 0.296. The molecule has 0 amide bonds. The Labute approximate surface area is 113 Å². The molecule has 1 aromatic carbocycles. The third-order valence-corrected chi connectivity index (χ3v) is 2.65. The average Bonchev–Trinajstić information content (AvgIpc) is 2.39. The smallest absolute Gasteiger partial charge is 0.302 e. The van der Waals surface area contributed by atoms with Gasteiger partial charge in [-0.3, -0.25) is 9.59 Å². The fourth-order valence-corrected chi connectivity index (χ4v) is 1.62. The van der Waals surface area contributed by atoms with Crippen molar-refractivity contribution in [2.24, 2.45) is 0 Å². The fraction of sp³-hybridized carbons (Fsp3) is 0.467. The van der Waals surface area contributed by atoms with E-state index in [0.717, 1.165) is 24.7 Å². The zero-order chi connectivity index (χ0) is 14.1. The van der Waals surface area contributed by atoms with Gasteiger partial charge in [-0.05, 0) is 24.1 Å². The van der Waals surface area contributed by atoms with E-state index in [1.165, 1.54) is 6.92 Å². The van der Waals surface area contributed by atoms with Crippen molar-refractivity contribution in [1.82, 2.24) is 0 Å². The summed E-state index contributed by atoms with van der Waals surface area (Å²) in [6, 6.07) is 5.46. The van der Waals surface area contributed by atoms with E-state index in [1.807, 2.05) is 6.07 Å². The molecule has 0 heterocycles. The summed E-state index contributed by atoms with van der Waals surface area (Å²) < 4.78 is 10.4. The fourth-order valence-electron chi connectivity index (χ4n) is 1.62. The summed E-state index contributed by atoms with van der Waals surface area (Å²) in [5.41, 5.74) is 1.49. The van der Waals surface area contributed by atoms with E-state index in [9.17, 15) is 9.59 Å². The summed E-state index contributed by atoms with van der Waals surface area (Å²) in [5.74, 6) is 0.315. The highest BCUT2D eigenvalue weighted by Crippen LogP contribution is 2.19. The molecule has 104 valence electrons. The summed E-state index contributed by atoms with van der Waals surface area (Å²) in [4.78, 5) is 21.7. The zero-order valence-electron chi connectivity index (χ0n) is 11.5. The van der Waals surface area contributed by atoms with E-state index in [1.54, 1.807) is 12.1 Å². The molecule has 0 saturated heterocycles. The van der Waals surface area contributed by atoms with Gasteiger partial charge in [0.25, 0.3) is 0 Å². The van der Waals surface area contributed by atoms with Crippen LogP contribution in [0.5, 0.6) is 5.75 Å². The van der Waals surface area contributed by atoms with Gasteiger partial charge in [-0.25, -0.2) is 0 Å². The van der Waals surface area contributed by atoms with Crippen molar-refractivity contribution in [3.05, 3.63) is 29.3 Å². The number of ether oxygens (including phenoxy) is 2. The van der Waals surface area contributed by atoms with Crippen LogP contribution in [0.3, 0.4) is 0 Å². The van der Waals surface area contributed by atoms with Gasteiger partial charge >= 0.3 is 5.97 Å². The van der Waals surface area contributed by atoms with E-state index < -0.39 is 0 Å². The molecule has 0 radical (unpaired) electrons. The van der Waals surface area contributed by atoms with E-state index >= 15 is 0 Å². The summed E-state index contributed by atoms with van der Waals surface area (Å²) in [7, 11) is 0. The van der Waals surface area contributed by atoms with Crippen LogP contribution >= 0.6 is 0 Å². The molecule has 0 N–H and O–H groups in total. The first-order chi connectivity index (χ1) is 9.17. The maximum absolute atomic E-state index is 11.0. The number of carbonyl (C=O) groups excluding carboxylic acids is 2. The third-order valence-electron chi connectivity index (χ3n) is 2.65. The zero-order valence-corrected chi connectivity index (χ0v) is 11.5. The molecule has 19 heavy (non-hydrogen) atoms. The van der Waals surface area contributed by atoms with Gasteiger partial charge in [0.1, 0.15) is 5.75 Å². The molecular weight excluding hydrogens is 244 g/mol. The number of aldehydes is 1. The number of unbranched alkanes of at least 4 members (excludes halogenated alkanes) is 1. The van der Waals surface area contributed by atoms with Gasteiger partial charge in [-0.15, -0.1) is 0 Å². The Morgan fingerprint density at radius 1 is 1.32 bits per heavy atom. The van der Waals surface area contributed by atoms with Gasteiger partial charge in [-0.2, -0.15) is 0 Å². The van der Waals surface area contributed by atoms with Crippen molar-refractivity contribution in [1.29, 1.82) is 0 Å². The largest absolute Gasteiger partial charge is 0.493 e. The number of benzene rings is 1. The Kier molecular flexibility index (Phi) is 6.64. The molecule has 0 aromatic heterocycles. The molecule has 0 fully saturated rings.